The van der Waals surface area contributed by atoms with Crippen LogP contribution in [-0.4, -0.2) is 45.7 Å². The molecule has 3 rings (SSSR count). The fourth-order valence-corrected chi connectivity index (χ4v) is 12.4. The maximum absolute atomic E-state index is 15.2. The summed E-state index contributed by atoms with van der Waals surface area (Å²) in [7, 11) is -1.97. The molecule has 1 N–H and O–H groups in total. The number of anilines is 1. The van der Waals surface area contributed by atoms with Gasteiger partial charge in [-0.3, -0.25) is 0 Å². The van der Waals surface area contributed by atoms with Crippen molar-refractivity contribution in [2.75, 3.05) is 24.7 Å². The second-order valence-corrected chi connectivity index (χ2v) is 17.7. The molecule has 0 aromatic heterocycles. The lowest BCUT2D eigenvalue weighted by Crippen LogP contribution is -2.67. The highest BCUT2D eigenvalue weighted by Crippen LogP contribution is 2.42. The minimum absolute atomic E-state index is 0.0341. The smallest absolute Gasteiger partial charge is 0.200 e. The Bertz CT molecular complexity index is 788. The van der Waals surface area contributed by atoms with E-state index in [4.69, 9.17) is 20.8 Å². The van der Waals surface area contributed by atoms with E-state index < -0.39 is 14.1 Å². The fourth-order valence-electron chi connectivity index (χ4n) is 6.74. The summed E-state index contributed by atoms with van der Waals surface area (Å²) in [4.78, 5) is 2.36. The van der Waals surface area contributed by atoms with Gasteiger partial charge in [0.15, 0.2) is 19.9 Å². The first kappa shape index (κ1) is 27.8. The van der Waals surface area contributed by atoms with Gasteiger partial charge in [0.05, 0.1) is 11.6 Å². The lowest BCUT2D eigenvalue weighted by atomic mass is 9.83. The van der Waals surface area contributed by atoms with Gasteiger partial charge in [0.1, 0.15) is 6.61 Å². The van der Waals surface area contributed by atoms with Crippen molar-refractivity contribution < 1.29 is 13.6 Å². The molecule has 2 fully saturated rings. The molecule has 1 aliphatic heterocycles. The highest BCUT2D eigenvalue weighted by atomic mass is 35.5. The molecule has 1 aliphatic carbocycles. The molecule has 1 saturated carbocycles. The molecule has 1 heterocycles. The zero-order valence-corrected chi connectivity index (χ0v) is 24.3. The quantitative estimate of drug-likeness (QED) is 0.273. The van der Waals surface area contributed by atoms with Gasteiger partial charge in [-0.25, -0.2) is 4.39 Å². The van der Waals surface area contributed by atoms with Crippen LogP contribution in [0.2, 0.25) is 21.6 Å². The largest absolute Gasteiger partial charge is 0.487 e. The molecule has 194 valence electrons. The standard InChI is InChI=1S/C27H46ClFN2O2Si/c1-18(2)34(19(3)4,20(5)6)33-14-13-32-26-22(28)15-21(16-23(26)29)31-17-27(7,8)30-24-11-9-10-12-25(24)31/h15-16,18-20,24-25,30H,9-14,17H2,1-8H3/t24-,25+/m1/s1. The Morgan fingerprint density at radius 2 is 1.68 bits per heavy atom. The molecule has 7 heteroatoms. The van der Waals surface area contributed by atoms with Crippen LogP contribution in [0.3, 0.4) is 0 Å². The normalized spacial score (nSPS) is 23.0. The van der Waals surface area contributed by atoms with E-state index in [9.17, 15) is 0 Å². The summed E-state index contributed by atoms with van der Waals surface area (Å²) in [6, 6.07) is 4.28. The minimum Gasteiger partial charge on any atom is -0.487 e. The Labute approximate surface area is 213 Å². The first-order valence-corrected chi connectivity index (χ1v) is 15.7. The van der Waals surface area contributed by atoms with Crippen molar-refractivity contribution in [3.05, 3.63) is 23.0 Å². The van der Waals surface area contributed by atoms with Crippen molar-refractivity contribution in [3.8, 4) is 5.75 Å². The minimum atomic E-state index is -1.97. The molecule has 2 aliphatic rings. The van der Waals surface area contributed by atoms with Crippen LogP contribution in [0.5, 0.6) is 5.75 Å². The monoisotopic (exact) mass is 512 g/mol. The van der Waals surface area contributed by atoms with Gasteiger partial charge in [-0.15, -0.1) is 0 Å². The number of fused-ring (bicyclic) bond motifs is 1. The first-order chi connectivity index (χ1) is 15.9. The molecule has 0 bridgehead atoms. The van der Waals surface area contributed by atoms with Crippen LogP contribution in [0, 0.1) is 5.82 Å². The van der Waals surface area contributed by atoms with Gasteiger partial charge in [0.25, 0.3) is 0 Å². The predicted octanol–water partition coefficient (Wildman–Crippen LogP) is 7.55. The van der Waals surface area contributed by atoms with Crippen LogP contribution in [0.4, 0.5) is 10.1 Å². The van der Waals surface area contributed by atoms with Gasteiger partial charge in [-0.05, 0) is 49.4 Å². The van der Waals surface area contributed by atoms with E-state index in [2.05, 4.69) is 65.6 Å². The van der Waals surface area contributed by atoms with Crippen molar-refractivity contribution in [1.82, 2.24) is 5.32 Å². The highest BCUT2D eigenvalue weighted by molar-refractivity contribution is 6.77. The van der Waals surface area contributed by atoms with E-state index in [1.54, 1.807) is 6.07 Å². The molecule has 1 aromatic rings. The Kier molecular flexibility index (Phi) is 9.03. The van der Waals surface area contributed by atoms with E-state index in [0.29, 0.717) is 46.9 Å². The van der Waals surface area contributed by atoms with E-state index in [-0.39, 0.29) is 11.3 Å². The molecule has 0 unspecified atom stereocenters. The second kappa shape index (κ2) is 11.1. The van der Waals surface area contributed by atoms with Crippen molar-refractivity contribution in [3.63, 3.8) is 0 Å². The van der Waals surface area contributed by atoms with Crippen molar-refractivity contribution in [2.45, 2.75) is 115 Å². The van der Waals surface area contributed by atoms with Crippen LogP contribution in [0.25, 0.3) is 0 Å². The van der Waals surface area contributed by atoms with Crippen LogP contribution in [0.15, 0.2) is 12.1 Å². The fraction of sp³-hybridized carbons (Fsp3) is 0.778. The Balaban J connectivity index is 1.71. The number of benzene rings is 1. The summed E-state index contributed by atoms with van der Waals surface area (Å²) in [6.45, 7) is 19.6. The van der Waals surface area contributed by atoms with Crippen LogP contribution >= 0.6 is 11.6 Å². The maximum atomic E-state index is 15.2. The van der Waals surface area contributed by atoms with Crippen LogP contribution < -0.4 is 15.0 Å². The van der Waals surface area contributed by atoms with Gasteiger partial charge < -0.3 is 19.4 Å². The van der Waals surface area contributed by atoms with E-state index in [1.807, 2.05) is 6.07 Å². The van der Waals surface area contributed by atoms with Crippen LogP contribution in [0.1, 0.15) is 81.1 Å². The Morgan fingerprint density at radius 1 is 1.06 bits per heavy atom. The third kappa shape index (κ3) is 5.76. The zero-order valence-electron chi connectivity index (χ0n) is 22.5. The number of piperazine rings is 1. The summed E-state index contributed by atoms with van der Waals surface area (Å²) in [5, 5.41) is 4.13. The number of nitrogens with zero attached hydrogens (tertiary/aromatic N) is 1. The number of rotatable bonds is 9. The van der Waals surface area contributed by atoms with Gasteiger partial charge in [0.2, 0.25) is 0 Å². The third-order valence-electron chi connectivity index (χ3n) is 7.98. The molecule has 0 radical (unpaired) electrons. The molecule has 0 spiro atoms. The summed E-state index contributed by atoms with van der Waals surface area (Å²) < 4.78 is 27.6. The summed E-state index contributed by atoms with van der Waals surface area (Å²) in [5.74, 6) is -0.263. The molecule has 34 heavy (non-hydrogen) atoms. The molecule has 1 saturated heterocycles. The average molecular weight is 513 g/mol. The van der Waals surface area contributed by atoms with Crippen molar-refractivity contribution in [1.29, 1.82) is 0 Å². The molecule has 0 amide bonds. The van der Waals surface area contributed by atoms with Crippen molar-refractivity contribution in [2.24, 2.45) is 0 Å². The summed E-state index contributed by atoms with van der Waals surface area (Å²) in [5.41, 5.74) is 2.31. The summed E-state index contributed by atoms with van der Waals surface area (Å²) in [6.07, 6.45) is 4.74. The van der Waals surface area contributed by atoms with Gasteiger partial charge >= 0.3 is 0 Å². The number of halogens is 2. The predicted molar refractivity (Wildman–Crippen MR) is 145 cm³/mol. The lowest BCUT2D eigenvalue weighted by molar-refractivity contribution is 0.193. The number of hydrogen-bond acceptors (Lipinski definition) is 4. The second-order valence-electron chi connectivity index (χ2n) is 11.9. The molecular weight excluding hydrogens is 467 g/mol. The van der Waals surface area contributed by atoms with Gasteiger partial charge in [-0.1, -0.05) is 66.0 Å². The molecule has 2 atom stereocenters. The first-order valence-electron chi connectivity index (χ1n) is 13.2. The van der Waals surface area contributed by atoms with Crippen LogP contribution in [-0.2, 0) is 4.43 Å². The summed E-state index contributed by atoms with van der Waals surface area (Å²) >= 11 is 6.58. The van der Waals surface area contributed by atoms with Gasteiger partial charge in [0, 0.05) is 35.9 Å². The van der Waals surface area contributed by atoms with Gasteiger partial charge in [-0.2, -0.15) is 0 Å². The number of nitrogens with one attached hydrogen (secondary N) is 1. The van der Waals surface area contributed by atoms with E-state index in [1.165, 1.54) is 12.8 Å². The highest BCUT2D eigenvalue weighted by Gasteiger charge is 2.45. The maximum Gasteiger partial charge on any atom is 0.200 e. The number of ether oxygens (including phenoxy) is 1. The Hall–Kier alpha value is -0.823. The van der Waals surface area contributed by atoms with Crippen molar-refractivity contribution >= 4 is 25.6 Å². The third-order valence-corrected chi connectivity index (χ3v) is 14.4. The molecule has 4 nitrogen and oxygen atoms in total. The SMILES string of the molecule is CC(C)[Si](OCCOc1c(F)cc(N2CC(C)(C)N[C@@H]3CCCC[C@@H]32)cc1Cl)(C(C)C)C(C)C. The van der Waals surface area contributed by atoms with E-state index >= 15 is 4.39 Å². The molecule has 1 aromatic carbocycles. The number of hydrogen-bond donors (Lipinski definition) is 1. The zero-order chi connectivity index (χ0) is 25.3. The molecular formula is C27H46ClFN2O2Si. The Morgan fingerprint density at radius 3 is 2.26 bits per heavy atom. The van der Waals surface area contributed by atoms with E-state index in [0.717, 1.165) is 25.1 Å². The average Bonchev–Trinajstić information content (AvgIpc) is 2.73. The topological polar surface area (TPSA) is 33.7 Å². The lowest BCUT2D eigenvalue weighted by Gasteiger charge is -2.52.